The third kappa shape index (κ3) is 3.45. The first-order valence-corrected chi connectivity index (χ1v) is 10.3. The topological polar surface area (TPSA) is 0 Å². The molecule has 0 spiro atoms. The molecule has 1 atom stereocenters. The molecular formula is C4H12P2S2. The molecule has 0 rings (SSSR count). The van der Waals surface area contributed by atoms with Gasteiger partial charge in [0, 0.05) is 0 Å². The van der Waals surface area contributed by atoms with Gasteiger partial charge in [0.15, 0.2) is 0 Å². The molecule has 0 aliphatic carbocycles. The molecule has 0 aliphatic rings. The molecule has 0 nitrogen and oxygen atoms in total. The maximum Gasteiger partial charge on any atom is -0.0138 e. The average molecular weight is 186 g/mol. The Labute approximate surface area is 62.2 Å². The summed E-state index contributed by atoms with van der Waals surface area (Å²) in [5.74, 6) is 0. The molecule has 0 N–H and O–H groups in total. The lowest BCUT2D eigenvalue weighted by Crippen LogP contribution is -1.65. The first-order chi connectivity index (χ1) is 3.48. The largest absolute Gasteiger partial charge is 0.132 e. The molecule has 4 heteroatoms. The summed E-state index contributed by atoms with van der Waals surface area (Å²) >= 11 is 7.27. The van der Waals surface area contributed by atoms with E-state index in [1.54, 1.807) is 0 Å². The minimum atomic E-state index is -0.896. The number of hydrogen-bond acceptors (Lipinski definition) is 2. The van der Waals surface area contributed by atoms with E-state index in [1.807, 2.05) is 11.4 Å². The van der Waals surface area contributed by atoms with Crippen molar-refractivity contribution in [1.29, 1.82) is 0 Å². The van der Waals surface area contributed by atoms with Gasteiger partial charge in [-0.05, 0) is 38.8 Å². The van der Waals surface area contributed by atoms with Crippen LogP contribution < -0.4 is 0 Å². The minimum absolute atomic E-state index is 0.123. The van der Waals surface area contributed by atoms with Crippen LogP contribution in [0.4, 0.5) is 0 Å². The van der Waals surface area contributed by atoms with Gasteiger partial charge in [-0.3, -0.25) is 0 Å². The molecule has 0 aliphatic heterocycles. The fraction of sp³-hybridized carbons (Fsp3) is 1.00. The summed E-state index contributed by atoms with van der Waals surface area (Å²) in [6.45, 7) is 6.86. The summed E-state index contributed by atoms with van der Waals surface area (Å²) in [6, 6.07) is 0. The predicted molar refractivity (Wildman–Crippen MR) is 52.5 cm³/mol. The lowest BCUT2D eigenvalue weighted by Gasteiger charge is -2.16. The molecule has 0 fully saturated rings. The molecule has 0 aromatic rings. The Kier molecular flexibility index (Phi) is 4.20. The molecular weight excluding hydrogens is 174 g/mol. The second-order valence-electron chi connectivity index (χ2n) is 1.94. The van der Waals surface area contributed by atoms with Gasteiger partial charge in [-0.25, -0.2) is 0 Å². The lowest BCUT2D eigenvalue weighted by molar-refractivity contribution is 2.27. The highest BCUT2D eigenvalue weighted by Gasteiger charge is 2.10. The zero-order valence-corrected chi connectivity index (χ0v) is 9.13. The van der Waals surface area contributed by atoms with Crippen molar-refractivity contribution in [2.45, 2.75) is 0 Å². The molecule has 0 heterocycles. The third-order valence-electron chi connectivity index (χ3n) is 0.943. The van der Waals surface area contributed by atoms with E-state index >= 15 is 0 Å². The van der Waals surface area contributed by atoms with Gasteiger partial charge in [0.2, 0.25) is 0 Å². The molecule has 0 unspecified atom stereocenters. The Morgan fingerprint density at radius 1 is 1.50 bits per heavy atom. The van der Waals surface area contributed by atoms with Gasteiger partial charge < -0.3 is 0 Å². The van der Waals surface area contributed by atoms with Gasteiger partial charge in [-0.2, -0.15) is 0 Å². The van der Waals surface area contributed by atoms with Crippen molar-refractivity contribution in [3.8, 4) is 0 Å². The van der Waals surface area contributed by atoms with Crippen LogP contribution in [0.3, 0.4) is 0 Å². The van der Waals surface area contributed by atoms with Crippen molar-refractivity contribution >= 4 is 35.7 Å². The van der Waals surface area contributed by atoms with Crippen LogP contribution in [-0.4, -0.2) is 26.3 Å². The van der Waals surface area contributed by atoms with E-state index < -0.39 is 5.73 Å². The number of rotatable bonds is 2. The molecule has 0 aromatic heterocycles. The van der Waals surface area contributed by atoms with Gasteiger partial charge in [0.05, 0.1) is 0 Å². The SMILES string of the molecule is CS[P@@](C)P(C)(C)=S. The standard InChI is InChI=1S/C4H12P2S2/c1-5(8-4)6(2,3)7/h1-4H3/t5-/m0/s1. The molecule has 0 bridgehead atoms. The normalized spacial score (nSPS) is 16.0. The third-order valence-corrected chi connectivity index (χ3v) is 16.8. The van der Waals surface area contributed by atoms with E-state index in [-0.39, 0.29) is 6.81 Å². The van der Waals surface area contributed by atoms with Crippen molar-refractivity contribution in [1.82, 2.24) is 0 Å². The summed E-state index contributed by atoms with van der Waals surface area (Å²) in [6.07, 6.45) is 2.15. The second kappa shape index (κ2) is 3.56. The van der Waals surface area contributed by atoms with E-state index in [4.69, 9.17) is 11.8 Å². The van der Waals surface area contributed by atoms with Crippen molar-refractivity contribution < 1.29 is 0 Å². The Morgan fingerprint density at radius 3 is 1.88 bits per heavy atom. The van der Waals surface area contributed by atoms with Gasteiger partial charge in [-0.15, -0.1) is 11.4 Å². The van der Waals surface area contributed by atoms with Crippen LogP contribution in [0, 0.1) is 0 Å². The number of hydrogen-bond donors (Lipinski definition) is 0. The van der Waals surface area contributed by atoms with Gasteiger partial charge in [0.1, 0.15) is 0 Å². The zero-order valence-electron chi connectivity index (χ0n) is 5.71. The fourth-order valence-corrected chi connectivity index (χ4v) is 7.11. The molecule has 50 valence electrons. The summed E-state index contributed by atoms with van der Waals surface area (Å²) in [5.41, 5.74) is -0.896. The zero-order chi connectivity index (χ0) is 6.78. The van der Waals surface area contributed by atoms with Crippen LogP contribution in [0.15, 0.2) is 0 Å². The quantitative estimate of drug-likeness (QED) is 0.608. The van der Waals surface area contributed by atoms with Gasteiger partial charge >= 0.3 is 0 Å². The van der Waals surface area contributed by atoms with Crippen LogP contribution in [0.2, 0.25) is 0 Å². The maximum atomic E-state index is 5.33. The van der Waals surface area contributed by atoms with Crippen LogP contribution in [0.25, 0.3) is 0 Å². The minimum Gasteiger partial charge on any atom is -0.132 e. The highest BCUT2D eigenvalue weighted by molar-refractivity contribution is 8.83. The average Bonchev–Trinajstić information content (AvgIpc) is 1.62. The Bertz CT molecular complexity index is 107. The molecule has 0 saturated carbocycles. The maximum absolute atomic E-state index is 5.33. The van der Waals surface area contributed by atoms with E-state index in [0.29, 0.717) is 0 Å². The Balaban J connectivity index is 3.82. The Morgan fingerprint density at radius 2 is 1.88 bits per heavy atom. The van der Waals surface area contributed by atoms with Crippen molar-refractivity contribution in [3.63, 3.8) is 0 Å². The van der Waals surface area contributed by atoms with Crippen molar-refractivity contribution in [2.24, 2.45) is 0 Å². The van der Waals surface area contributed by atoms with E-state index in [1.165, 1.54) is 0 Å². The lowest BCUT2D eigenvalue weighted by atomic mass is 11.9. The van der Waals surface area contributed by atoms with Crippen molar-refractivity contribution in [3.05, 3.63) is 0 Å². The first-order valence-electron chi connectivity index (χ1n) is 2.32. The summed E-state index contributed by atoms with van der Waals surface area (Å²) < 4.78 is 0. The highest BCUT2D eigenvalue weighted by Crippen LogP contribution is 2.75. The van der Waals surface area contributed by atoms with Crippen molar-refractivity contribution in [2.75, 3.05) is 26.3 Å². The predicted octanol–water partition coefficient (Wildman–Crippen LogP) is 3.03. The summed E-state index contributed by atoms with van der Waals surface area (Å²) in [7, 11) is 0. The molecule has 0 aromatic carbocycles. The molecule has 0 radical (unpaired) electrons. The molecule has 8 heavy (non-hydrogen) atoms. The highest BCUT2D eigenvalue weighted by atomic mass is 33.0. The molecule has 0 amide bonds. The van der Waals surface area contributed by atoms with E-state index in [2.05, 4.69) is 26.3 Å². The van der Waals surface area contributed by atoms with Crippen LogP contribution in [-0.2, 0) is 11.8 Å². The fourth-order valence-electron chi connectivity index (χ4n) is 0.197. The van der Waals surface area contributed by atoms with Crippen LogP contribution >= 0.6 is 23.9 Å². The van der Waals surface area contributed by atoms with Gasteiger partial charge in [-0.1, -0.05) is 11.8 Å². The first kappa shape index (κ1) is 9.43. The smallest absolute Gasteiger partial charge is 0.0138 e. The van der Waals surface area contributed by atoms with Gasteiger partial charge in [0.25, 0.3) is 0 Å². The second-order valence-corrected chi connectivity index (χ2v) is 17.7. The van der Waals surface area contributed by atoms with Crippen LogP contribution in [0.5, 0.6) is 0 Å². The van der Waals surface area contributed by atoms with E-state index in [0.717, 1.165) is 0 Å². The summed E-state index contributed by atoms with van der Waals surface area (Å²) in [5, 5.41) is 0. The van der Waals surface area contributed by atoms with E-state index in [9.17, 15) is 0 Å². The summed E-state index contributed by atoms with van der Waals surface area (Å²) in [4.78, 5) is 0. The molecule has 0 saturated heterocycles. The monoisotopic (exact) mass is 186 g/mol. The Hall–Kier alpha value is 1.43. The van der Waals surface area contributed by atoms with Crippen LogP contribution in [0.1, 0.15) is 0 Å².